The molecule has 0 unspecified atom stereocenters. The smallest absolute Gasteiger partial charge is 0.322 e. The summed E-state index contributed by atoms with van der Waals surface area (Å²) in [6.45, 7) is 3.47. The fourth-order valence-corrected chi connectivity index (χ4v) is 2.59. The van der Waals surface area contributed by atoms with Crippen molar-refractivity contribution in [1.29, 1.82) is 0 Å². The van der Waals surface area contributed by atoms with Crippen LogP contribution in [0.4, 0.5) is 18.9 Å². The second-order valence-electron chi connectivity index (χ2n) is 5.88. The number of nitrogens with zero attached hydrogens (tertiary/aromatic N) is 3. The Morgan fingerprint density at radius 3 is 2.48 bits per heavy atom. The quantitative estimate of drug-likeness (QED) is 0.693. The van der Waals surface area contributed by atoms with Gasteiger partial charge in [-0.3, -0.25) is 4.79 Å². The molecule has 3 aromatic rings. The minimum absolute atomic E-state index is 0.179. The molecule has 1 amide bonds. The van der Waals surface area contributed by atoms with Crippen LogP contribution in [0.15, 0.2) is 42.7 Å². The zero-order chi connectivity index (χ0) is 19.8. The average molecular weight is 395 g/mol. The number of alkyl halides is 3. The molecule has 0 bridgehead atoms. The third-order valence-electron chi connectivity index (χ3n) is 3.98. The Kier molecular flexibility index (Phi) is 4.93. The van der Waals surface area contributed by atoms with Crippen molar-refractivity contribution in [2.45, 2.75) is 20.0 Å². The molecule has 2 heterocycles. The second kappa shape index (κ2) is 7.03. The summed E-state index contributed by atoms with van der Waals surface area (Å²) < 4.78 is 39.2. The van der Waals surface area contributed by atoms with Gasteiger partial charge in [-0.1, -0.05) is 17.7 Å². The van der Waals surface area contributed by atoms with Gasteiger partial charge in [0.1, 0.15) is 0 Å². The fourth-order valence-electron chi connectivity index (χ4n) is 2.41. The molecule has 0 aliphatic carbocycles. The highest BCUT2D eigenvalue weighted by atomic mass is 35.5. The van der Waals surface area contributed by atoms with Gasteiger partial charge in [-0.25, -0.2) is 9.67 Å². The van der Waals surface area contributed by atoms with E-state index in [1.165, 1.54) is 16.9 Å². The molecule has 27 heavy (non-hydrogen) atoms. The van der Waals surface area contributed by atoms with Crippen molar-refractivity contribution in [3.05, 3.63) is 70.1 Å². The third kappa shape index (κ3) is 3.95. The Morgan fingerprint density at radius 2 is 1.89 bits per heavy atom. The van der Waals surface area contributed by atoms with E-state index in [1.54, 1.807) is 25.1 Å². The number of benzene rings is 1. The molecular formula is C18H14ClF3N4O. The Bertz CT molecular complexity index is 997. The van der Waals surface area contributed by atoms with Gasteiger partial charge in [0, 0.05) is 16.9 Å². The Balaban J connectivity index is 1.84. The van der Waals surface area contributed by atoms with Crippen LogP contribution >= 0.6 is 11.6 Å². The Labute approximate surface area is 157 Å². The highest BCUT2D eigenvalue weighted by Crippen LogP contribution is 2.29. The van der Waals surface area contributed by atoms with Gasteiger partial charge >= 0.3 is 6.18 Å². The first-order valence-electron chi connectivity index (χ1n) is 7.82. The number of pyridine rings is 1. The topological polar surface area (TPSA) is 59.8 Å². The van der Waals surface area contributed by atoms with E-state index in [2.05, 4.69) is 15.4 Å². The van der Waals surface area contributed by atoms with E-state index in [-0.39, 0.29) is 11.4 Å². The van der Waals surface area contributed by atoms with Crippen molar-refractivity contribution < 1.29 is 18.0 Å². The number of halogens is 4. The molecule has 0 aliphatic rings. The normalized spacial score (nSPS) is 11.5. The van der Waals surface area contributed by atoms with Crippen LogP contribution in [-0.4, -0.2) is 20.7 Å². The maximum absolute atomic E-state index is 12.6. The maximum atomic E-state index is 12.6. The lowest BCUT2D eigenvalue weighted by atomic mass is 10.2. The minimum atomic E-state index is -4.47. The van der Waals surface area contributed by atoms with E-state index < -0.39 is 17.6 Å². The van der Waals surface area contributed by atoms with Crippen molar-refractivity contribution >= 4 is 23.2 Å². The lowest BCUT2D eigenvalue weighted by Gasteiger charge is -2.09. The molecule has 0 fully saturated rings. The van der Waals surface area contributed by atoms with Crippen LogP contribution in [0.3, 0.4) is 0 Å². The van der Waals surface area contributed by atoms with Gasteiger partial charge in [-0.2, -0.15) is 18.3 Å². The van der Waals surface area contributed by atoms with Crippen molar-refractivity contribution in [2.75, 3.05) is 5.32 Å². The number of anilines is 1. The van der Waals surface area contributed by atoms with E-state index >= 15 is 0 Å². The molecule has 0 radical (unpaired) electrons. The first-order chi connectivity index (χ1) is 12.7. The van der Waals surface area contributed by atoms with Gasteiger partial charge in [-0.15, -0.1) is 0 Å². The molecule has 1 aromatic carbocycles. The van der Waals surface area contributed by atoms with Gasteiger partial charge < -0.3 is 5.32 Å². The zero-order valence-electron chi connectivity index (χ0n) is 14.3. The molecule has 0 aliphatic heterocycles. The highest BCUT2D eigenvalue weighted by Gasteiger charge is 2.30. The lowest BCUT2D eigenvalue weighted by Crippen LogP contribution is -2.13. The first-order valence-corrected chi connectivity index (χ1v) is 8.20. The molecule has 140 valence electrons. The van der Waals surface area contributed by atoms with Crippen LogP contribution in [0.1, 0.15) is 27.2 Å². The number of aromatic nitrogens is 3. The number of nitrogens with one attached hydrogen (secondary N) is 1. The van der Waals surface area contributed by atoms with E-state index in [0.29, 0.717) is 16.4 Å². The summed E-state index contributed by atoms with van der Waals surface area (Å²) in [6.07, 6.45) is -2.41. The summed E-state index contributed by atoms with van der Waals surface area (Å²) in [5.74, 6) is -0.233. The number of carbonyl (C=O) groups is 1. The predicted molar refractivity (Wildman–Crippen MR) is 95.2 cm³/mol. The summed E-state index contributed by atoms with van der Waals surface area (Å²) >= 11 is 6.05. The largest absolute Gasteiger partial charge is 0.417 e. The number of aryl methyl sites for hydroxylation is 1. The molecular weight excluding hydrogens is 381 g/mol. The van der Waals surface area contributed by atoms with Crippen LogP contribution in [0.2, 0.25) is 5.02 Å². The van der Waals surface area contributed by atoms with Crippen molar-refractivity contribution in [3.8, 4) is 5.82 Å². The van der Waals surface area contributed by atoms with Gasteiger partial charge in [0.25, 0.3) is 5.91 Å². The zero-order valence-corrected chi connectivity index (χ0v) is 15.1. The molecule has 2 aromatic heterocycles. The van der Waals surface area contributed by atoms with Crippen molar-refractivity contribution in [1.82, 2.24) is 14.8 Å². The van der Waals surface area contributed by atoms with Gasteiger partial charge in [0.15, 0.2) is 5.82 Å². The van der Waals surface area contributed by atoms with Crippen LogP contribution in [0, 0.1) is 13.8 Å². The van der Waals surface area contributed by atoms with Gasteiger partial charge in [-0.05, 0) is 43.7 Å². The van der Waals surface area contributed by atoms with E-state index in [1.807, 2.05) is 6.92 Å². The summed E-state index contributed by atoms with van der Waals surface area (Å²) in [5, 5.41) is 7.30. The molecule has 5 nitrogen and oxygen atoms in total. The molecule has 0 atom stereocenters. The summed E-state index contributed by atoms with van der Waals surface area (Å²) in [5.41, 5.74) is 1.26. The van der Waals surface area contributed by atoms with Gasteiger partial charge in [0.2, 0.25) is 0 Å². The average Bonchev–Trinajstić information content (AvgIpc) is 2.99. The SMILES string of the molecule is Cc1ccc(NC(=O)c2cnn(-c3ccc(C(F)(F)F)cn3)c2C)cc1Cl. The number of hydrogen-bond acceptors (Lipinski definition) is 3. The van der Waals surface area contributed by atoms with E-state index in [0.717, 1.165) is 17.8 Å². The standard InChI is InChI=1S/C18H14ClF3N4O/c1-10-3-5-13(7-15(10)19)25-17(27)14-9-24-26(11(14)2)16-6-4-12(8-23-16)18(20,21)22/h3-9H,1-2H3,(H,25,27). The minimum Gasteiger partial charge on any atom is -0.322 e. The summed E-state index contributed by atoms with van der Waals surface area (Å²) in [7, 11) is 0. The molecule has 0 saturated heterocycles. The number of amides is 1. The van der Waals surface area contributed by atoms with Crippen LogP contribution in [0.5, 0.6) is 0 Å². The Morgan fingerprint density at radius 1 is 1.15 bits per heavy atom. The number of hydrogen-bond donors (Lipinski definition) is 1. The Hall–Kier alpha value is -2.87. The molecule has 0 saturated carbocycles. The van der Waals surface area contributed by atoms with Crippen molar-refractivity contribution in [3.63, 3.8) is 0 Å². The number of rotatable bonds is 3. The van der Waals surface area contributed by atoms with E-state index in [9.17, 15) is 18.0 Å². The molecule has 9 heteroatoms. The lowest BCUT2D eigenvalue weighted by molar-refractivity contribution is -0.137. The fraction of sp³-hybridized carbons (Fsp3) is 0.167. The monoisotopic (exact) mass is 394 g/mol. The third-order valence-corrected chi connectivity index (χ3v) is 4.38. The predicted octanol–water partition coefficient (Wildman–Crippen LogP) is 4.81. The summed E-state index contributed by atoms with van der Waals surface area (Å²) in [4.78, 5) is 16.3. The van der Waals surface area contributed by atoms with Crippen LogP contribution < -0.4 is 5.32 Å². The van der Waals surface area contributed by atoms with Gasteiger partial charge in [0.05, 0.1) is 23.0 Å². The maximum Gasteiger partial charge on any atom is 0.417 e. The molecule has 1 N–H and O–H groups in total. The number of carbonyl (C=O) groups excluding carboxylic acids is 1. The molecule has 0 spiro atoms. The molecule has 3 rings (SSSR count). The highest BCUT2D eigenvalue weighted by molar-refractivity contribution is 6.31. The first kappa shape index (κ1) is 18.9. The van der Waals surface area contributed by atoms with Crippen LogP contribution in [0.25, 0.3) is 5.82 Å². The van der Waals surface area contributed by atoms with E-state index in [4.69, 9.17) is 11.6 Å². The summed E-state index contributed by atoms with van der Waals surface area (Å²) in [6, 6.07) is 7.24. The second-order valence-corrected chi connectivity index (χ2v) is 6.28. The van der Waals surface area contributed by atoms with Crippen LogP contribution in [-0.2, 0) is 6.18 Å². The van der Waals surface area contributed by atoms with Crippen molar-refractivity contribution in [2.24, 2.45) is 0 Å².